The summed E-state index contributed by atoms with van der Waals surface area (Å²) in [5.41, 5.74) is 0. The second kappa shape index (κ2) is 6.52. The van der Waals surface area contributed by atoms with Crippen LogP contribution in [-0.2, 0) is 9.47 Å². The number of benzene rings is 1. The molecule has 3 rings (SSSR count). The maximum Gasteiger partial charge on any atom is 0.213 e. The van der Waals surface area contributed by atoms with Crippen LogP contribution in [-0.4, -0.2) is 37.5 Å². The van der Waals surface area contributed by atoms with Crippen molar-refractivity contribution in [2.75, 3.05) is 26.4 Å². The van der Waals surface area contributed by atoms with E-state index in [2.05, 4.69) is 20.9 Å². The summed E-state index contributed by atoms with van der Waals surface area (Å²) in [4.78, 5) is 4.33. The lowest BCUT2D eigenvalue weighted by molar-refractivity contribution is -0.0936. The molecule has 1 aliphatic heterocycles. The molecule has 1 unspecified atom stereocenters. The number of hydrogen-bond acceptors (Lipinski definition) is 4. The van der Waals surface area contributed by atoms with Gasteiger partial charge in [-0.2, -0.15) is 0 Å². The third kappa shape index (κ3) is 3.29. The molecule has 0 radical (unpaired) electrons. The van der Waals surface area contributed by atoms with Crippen molar-refractivity contribution >= 4 is 26.7 Å². The smallest absolute Gasteiger partial charge is 0.213 e. The first-order chi connectivity index (χ1) is 9.83. The minimum Gasteiger partial charge on any atom is -0.478 e. The van der Waals surface area contributed by atoms with Gasteiger partial charge in [0, 0.05) is 28.5 Å². The minimum absolute atomic E-state index is 0.137. The Kier molecular flexibility index (Phi) is 4.50. The van der Waals surface area contributed by atoms with Crippen LogP contribution in [0.25, 0.3) is 10.8 Å². The van der Waals surface area contributed by atoms with E-state index in [-0.39, 0.29) is 6.10 Å². The van der Waals surface area contributed by atoms with E-state index >= 15 is 0 Å². The first-order valence-electron chi connectivity index (χ1n) is 6.69. The van der Waals surface area contributed by atoms with Gasteiger partial charge < -0.3 is 14.2 Å². The molecular weight excluding hydrogens is 322 g/mol. The summed E-state index contributed by atoms with van der Waals surface area (Å²) >= 11 is 3.51. The SMILES string of the molecule is Brc1cccc2cc(OCCC3COCCO3)ncc12. The number of aromatic nitrogens is 1. The van der Waals surface area contributed by atoms with Crippen LogP contribution in [0.3, 0.4) is 0 Å². The molecule has 20 heavy (non-hydrogen) atoms. The Bertz CT molecular complexity index is 584. The van der Waals surface area contributed by atoms with E-state index in [1.54, 1.807) is 0 Å². The van der Waals surface area contributed by atoms with Crippen molar-refractivity contribution in [2.24, 2.45) is 0 Å². The highest BCUT2D eigenvalue weighted by Crippen LogP contribution is 2.25. The molecule has 0 amide bonds. The van der Waals surface area contributed by atoms with E-state index in [0.717, 1.165) is 21.7 Å². The Morgan fingerprint density at radius 3 is 3.15 bits per heavy atom. The van der Waals surface area contributed by atoms with Crippen LogP contribution in [0.2, 0.25) is 0 Å². The van der Waals surface area contributed by atoms with Gasteiger partial charge in [0.25, 0.3) is 0 Å². The van der Waals surface area contributed by atoms with E-state index < -0.39 is 0 Å². The highest BCUT2D eigenvalue weighted by Gasteiger charge is 2.14. The van der Waals surface area contributed by atoms with Crippen LogP contribution < -0.4 is 4.74 Å². The van der Waals surface area contributed by atoms with Crippen molar-refractivity contribution in [1.82, 2.24) is 4.98 Å². The van der Waals surface area contributed by atoms with Gasteiger partial charge in [-0.15, -0.1) is 0 Å². The van der Waals surface area contributed by atoms with Gasteiger partial charge in [0.2, 0.25) is 5.88 Å². The van der Waals surface area contributed by atoms with Crippen LogP contribution in [0.4, 0.5) is 0 Å². The van der Waals surface area contributed by atoms with Crippen molar-refractivity contribution in [3.8, 4) is 5.88 Å². The lowest BCUT2D eigenvalue weighted by Crippen LogP contribution is -2.29. The Morgan fingerprint density at radius 2 is 2.30 bits per heavy atom. The van der Waals surface area contributed by atoms with Gasteiger partial charge in [-0.1, -0.05) is 28.1 Å². The second-order valence-electron chi connectivity index (χ2n) is 4.69. The molecule has 1 aromatic heterocycles. The largest absolute Gasteiger partial charge is 0.478 e. The van der Waals surface area contributed by atoms with Gasteiger partial charge >= 0.3 is 0 Å². The zero-order chi connectivity index (χ0) is 13.8. The van der Waals surface area contributed by atoms with E-state index in [1.165, 1.54) is 0 Å². The lowest BCUT2D eigenvalue weighted by Gasteiger charge is -2.22. The average molecular weight is 338 g/mol. The van der Waals surface area contributed by atoms with Crippen LogP contribution in [0.1, 0.15) is 6.42 Å². The standard InChI is InChI=1S/C15H16BrNO3/c16-14-3-1-2-11-8-15(17-9-13(11)14)20-5-4-12-10-18-6-7-19-12/h1-3,8-9,12H,4-7,10H2. The number of halogens is 1. The molecule has 2 aromatic rings. The third-order valence-electron chi connectivity index (χ3n) is 3.26. The summed E-state index contributed by atoms with van der Waals surface area (Å²) in [6, 6.07) is 8.01. The molecule has 0 aliphatic carbocycles. The zero-order valence-corrected chi connectivity index (χ0v) is 12.6. The molecule has 0 saturated carbocycles. The van der Waals surface area contributed by atoms with Crippen molar-refractivity contribution in [3.63, 3.8) is 0 Å². The fraction of sp³-hybridized carbons (Fsp3) is 0.400. The maximum atomic E-state index is 5.69. The summed E-state index contributed by atoms with van der Waals surface area (Å²) in [6.07, 6.45) is 2.78. The van der Waals surface area contributed by atoms with Crippen molar-refractivity contribution in [2.45, 2.75) is 12.5 Å². The fourth-order valence-corrected chi connectivity index (χ4v) is 2.68. The highest BCUT2D eigenvalue weighted by atomic mass is 79.9. The molecule has 5 heteroatoms. The number of pyridine rings is 1. The minimum atomic E-state index is 0.137. The van der Waals surface area contributed by atoms with Gasteiger partial charge in [-0.25, -0.2) is 4.98 Å². The molecule has 1 aliphatic rings. The first-order valence-corrected chi connectivity index (χ1v) is 7.48. The Labute approximate surface area is 126 Å². The molecule has 1 atom stereocenters. The highest BCUT2D eigenvalue weighted by molar-refractivity contribution is 9.10. The van der Waals surface area contributed by atoms with E-state index in [9.17, 15) is 0 Å². The molecule has 4 nitrogen and oxygen atoms in total. The Hall–Kier alpha value is -1.17. The molecule has 0 N–H and O–H groups in total. The zero-order valence-electron chi connectivity index (χ0n) is 11.0. The van der Waals surface area contributed by atoms with E-state index in [0.29, 0.717) is 32.3 Å². The Morgan fingerprint density at radius 1 is 1.35 bits per heavy atom. The maximum absolute atomic E-state index is 5.69. The predicted octanol–water partition coefficient (Wildman–Crippen LogP) is 3.18. The number of hydrogen-bond donors (Lipinski definition) is 0. The lowest BCUT2D eigenvalue weighted by atomic mass is 10.2. The number of fused-ring (bicyclic) bond motifs is 1. The van der Waals surface area contributed by atoms with Gasteiger partial charge in [-0.05, 0) is 11.5 Å². The summed E-state index contributed by atoms with van der Waals surface area (Å²) in [5.74, 6) is 0.646. The summed E-state index contributed by atoms with van der Waals surface area (Å²) in [6.45, 7) is 2.60. The second-order valence-corrected chi connectivity index (χ2v) is 5.54. The van der Waals surface area contributed by atoms with Gasteiger partial charge in [0.15, 0.2) is 0 Å². The molecule has 1 saturated heterocycles. The van der Waals surface area contributed by atoms with E-state index in [4.69, 9.17) is 14.2 Å². The molecule has 106 valence electrons. The monoisotopic (exact) mass is 337 g/mol. The normalized spacial score (nSPS) is 19.1. The van der Waals surface area contributed by atoms with Gasteiger partial charge in [-0.3, -0.25) is 0 Å². The van der Waals surface area contributed by atoms with Crippen molar-refractivity contribution in [3.05, 3.63) is 34.9 Å². The van der Waals surface area contributed by atoms with Gasteiger partial charge in [0.1, 0.15) is 0 Å². The quantitative estimate of drug-likeness (QED) is 0.859. The molecule has 1 aromatic carbocycles. The van der Waals surface area contributed by atoms with Crippen LogP contribution in [0, 0.1) is 0 Å². The number of ether oxygens (including phenoxy) is 3. The van der Waals surface area contributed by atoms with Crippen LogP contribution in [0.5, 0.6) is 5.88 Å². The van der Waals surface area contributed by atoms with Crippen LogP contribution in [0.15, 0.2) is 34.9 Å². The van der Waals surface area contributed by atoms with Crippen LogP contribution >= 0.6 is 15.9 Å². The van der Waals surface area contributed by atoms with Gasteiger partial charge in [0.05, 0.1) is 32.5 Å². The molecule has 2 heterocycles. The topological polar surface area (TPSA) is 40.6 Å². The summed E-state index contributed by atoms with van der Waals surface area (Å²) < 4.78 is 17.7. The average Bonchev–Trinajstić information content (AvgIpc) is 2.48. The molecule has 0 spiro atoms. The molecule has 0 bridgehead atoms. The summed E-state index contributed by atoms with van der Waals surface area (Å²) in [7, 11) is 0. The van der Waals surface area contributed by atoms with E-state index in [1.807, 2.05) is 30.5 Å². The number of nitrogens with zero attached hydrogens (tertiary/aromatic N) is 1. The first kappa shape index (κ1) is 13.8. The number of rotatable bonds is 4. The van der Waals surface area contributed by atoms with Crippen molar-refractivity contribution in [1.29, 1.82) is 0 Å². The Balaban J connectivity index is 1.60. The molecule has 1 fully saturated rings. The fourth-order valence-electron chi connectivity index (χ4n) is 2.19. The predicted molar refractivity (Wildman–Crippen MR) is 80.1 cm³/mol. The third-order valence-corrected chi connectivity index (χ3v) is 3.95. The summed E-state index contributed by atoms with van der Waals surface area (Å²) in [5, 5.41) is 2.20. The molecular formula is C15H16BrNO3. The van der Waals surface area contributed by atoms with Crippen molar-refractivity contribution < 1.29 is 14.2 Å².